The molecule has 0 fully saturated rings. The summed E-state index contributed by atoms with van der Waals surface area (Å²) >= 11 is 5.15. The van der Waals surface area contributed by atoms with E-state index in [1.165, 1.54) is 4.88 Å². The monoisotopic (exact) mass is 400 g/mol. The molecule has 0 bridgehead atoms. The predicted molar refractivity (Wildman–Crippen MR) is 95.7 cm³/mol. The minimum Gasteiger partial charge on any atom is -0.444 e. The number of halogens is 1. The van der Waals surface area contributed by atoms with E-state index in [-0.39, 0.29) is 6.04 Å². The number of aromatic amines is 1. The van der Waals surface area contributed by atoms with E-state index in [0.717, 1.165) is 10.0 Å². The van der Waals surface area contributed by atoms with Crippen molar-refractivity contribution in [2.75, 3.05) is 5.32 Å². The molecule has 0 saturated heterocycles. The van der Waals surface area contributed by atoms with Crippen LogP contribution in [0.1, 0.15) is 44.2 Å². The fourth-order valence-corrected chi connectivity index (χ4v) is 3.36. The molecule has 2 rings (SSSR count). The Bertz CT molecular complexity index is 662. The average molecular weight is 401 g/mol. The Hall–Kier alpha value is -1.38. The molecule has 126 valence electrons. The topological polar surface area (TPSA) is 79.0 Å². The number of thiophene rings is 1. The molecule has 2 aromatic heterocycles. The highest BCUT2D eigenvalue weighted by Crippen LogP contribution is 2.25. The van der Waals surface area contributed by atoms with Crippen LogP contribution in [-0.2, 0) is 11.3 Å². The highest BCUT2D eigenvalue weighted by atomic mass is 79.9. The van der Waals surface area contributed by atoms with E-state index in [1.54, 1.807) is 17.5 Å². The summed E-state index contributed by atoms with van der Waals surface area (Å²) in [6.45, 7) is 8.15. The Labute approximate surface area is 148 Å². The Kier molecular flexibility index (Phi) is 5.83. The van der Waals surface area contributed by atoms with Gasteiger partial charge in [-0.1, -0.05) is 0 Å². The summed E-state index contributed by atoms with van der Waals surface area (Å²) in [5, 5.41) is 14.9. The van der Waals surface area contributed by atoms with Crippen LogP contribution < -0.4 is 10.6 Å². The summed E-state index contributed by atoms with van der Waals surface area (Å²) in [7, 11) is 0. The van der Waals surface area contributed by atoms with Crippen LogP contribution in [0.3, 0.4) is 0 Å². The van der Waals surface area contributed by atoms with Crippen molar-refractivity contribution in [3.05, 3.63) is 32.6 Å². The molecule has 6 nitrogen and oxygen atoms in total. The van der Waals surface area contributed by atoms with Gasteiger partial charge in [-0.25, -0.2) is 4.79 Å². The van der Waals surface area contributed by atoms with Crippen molar-refractivity contribution in [3.8, 4) is 0 Å². The van der Waals surface area contributed by atoms with Gasteiger partial charge in [0.1, 0.15) is 11.4 Å². The first kappa shape index (κ1) is 18.0. The number of rotatable bonds is 5. The standard InChI is InChI=1S/C15H21BrN4O2S/c1-9(12-5-11(16)8-23-12)17-6-10-7-18-20-13(10)19-14(21)22-15(2,3)4/h5,7-9,17H,6H2,1-4H3,(H2,18,19,20,21). The van der Waals surface area contributed by atoms with Crippen LogP contribution in [0, 0.1) is 0 Å². The van der Waals surface area contributed by atoms with Crippen LogP contribution in [0.2, 0.25) is 0 Å². The van der Waals surface area contributed by atoms with Crippen LogP contribution in [0.15, 0.2) is 22.1 Å². The molecule has 0 aliphatic rings. The van der Waals surface area contributed by atoms with Crippen molar-refractivity contribution >= 4 is 39.2 Å². The maximum atomic E-state index is 11.8. The molecule has 2 aromatic rings. The largest absolute Gasteiger partial charge is 0.444 e. The number of amides is 1. The number of ether oxygens (including phenoxy) is 1. The number of aromatic nitrogens is 2. The van der Waals surface area contributed by atoms with Gasteiger partial charge in [0, 0.05) is 32.9 Å². The van der Waals surface area contributed by atoms with Gasteiger partial charge in [0.05, 0.1) is 6.20 Å². The van der Waals surface area contributed by atoms with Gasteiger partial charge in [0.2, 0.25) is 0 Å². The van der Waals surface area contributed by atoms with Crippen LogP contribution >= 0.6 is 27.3 Å². The second-order valence-electron chi connectivity index (χ2n) is 6.17. The SMILES string of the molecule is CC(NCc1cn[nH]c1NC(=O)OC(C)(C)C)c1cc(Br)cs1. The molecule has 0 saturated carbocycles. The summed E-state index contributed by atoms with van der Waals surface area (Å²) in [4.78, 5) is 13.1. The molecule has 0 aliphatic carbocycles. The van der Waals surface area contributed by atoms with E-state index in [4.69, 9.17) is 4.74 Å². The van der Waals surface area contributed by atoms with E-state index in [9.17, 15) is 4.79 Å². The number of hydrogen-bond donors (Lipinski definition) is 3. The summed E-state index contributed by atoms with van der Waals surface area (Å²) in [6.07, 6.45) is 1.19. The zero-order valence-electron chi connectivity index (χ0n) is 13.6. The van der Waals surface area contributed by atoms with Gasteiger partial charge in [-0.15, -0.1) is 11.3 Å². The number of anilines is 1. The zero-order valence-corrected chi connectivity index (χ0v) is 16.0. The Morgan fingerprint density at radius 3 is 2.87 bits per heavy atom. The van der Waals surface area contributed by atoms with E-state index < -0.39 is 11.7 Å². The zero-order chi connectivity index (χ0) is 17.0. The normalized spacial score (nSPS) is 12.9. The number of carbonyl (C=O) groups excluding carboxylic acids is 1. The number of nitrogens with one attached hydrogen (secondary N) is 3. The summed E-state index contributed by atoms with van der Waals surface area (Å²) in [5.41, 5.74) is 0.335. The molecular weight excluding hydrogens is 380 g/mol. The molecule has 1 unspecified atom stereocenters. The average Bonchev–Trinajstić information content (AvgIpc) is 3.03. The molecular formula is C15H21BrN4O2S. The third-order valence-corrected chi connectivity index (χ3v) is 4.83. The molecule has 0 aliphatic heterocycles. The van der Waals surface area contributed by atoms with Crippen molar-refractivity contribution in [2.45, 2.75) is 45.9 Å². The third-order valence-electron chi connectivity index (χ3n) is 2.96. The number of H-pyrrole nitrogens is 1. The Morgan fingerprint density at radius 1 is 1.52 bits per heavy atom. The van der Waals surface area contributed by atoms with Crippen LogP contribution in [0.25, 0.3) is 0 Å². The van der Waals surface area contributed by atoms with Gasteiger partial charge in [-0.3, -0.25) is 10.4 Å². The Morgan fingerprint density at radius 2 is 2.26 bits per heavy atom. The molecule has 1 amide bonds. The smallest absolute Gasteiger partial charge is 0.413 e. The van der Waals surface area contributed by atoms with Gasteiger partial charge in [-0.2, -0.15) is 5.10 Å². The lowest BCUT2D eigenvalue weighted by Crippen LogP contribution is -2.28. The van der Waals surface area contributed by atoms with Crippen molar-refractivity contribution in [1.82, 2.24) is 15.5 Å². The molecule has 0 spiro atoms. The molecule has 2 heterocycles. The minimum atomic E-state index is -0.538. The predicted octanol–water partition coefficient (Wildman–Crippen LogP) is 4.43. The highest BCUT2D eigenvalue weighted by Gasteiger charge is 2.18. The lowest BCUT2D eigenvalue weighted by molar-refractivity contribution is 0.0635. The van der Waals surface area contributed by atoms with E-state index >= 15 is 0 Å². The number of carbonyl (C=O) groups is 1. The molecule has 3 N–H and O–H groups in total. The summed E-state index contributed by atoms with van der Waals surface area (Å²) in [5.74, 6) is 0.548. The van der Waals surface area contributed by atoms with Gasteiger partial charge in [0.15, 0.2) is 0 Å². The van der Waals surface area contributed by atoms with Crippen LogP contribution in [0.5, 0.6) is 0 Å². The fraction of sp³-hybridized carbons (Fsp3) is 0.467. The first-order chi connectivity index (χ1) is 10.7. The number of nitrogens with zero attached hydrogens (tertiary/aromatic N) is 1. The third kappa shape index (κ3) is 5.63. The van der Waals surface area contributed by atoms with E-state index in [2.05, 4.69) is 55.1 Å². The minimum absolute atomic E-state index is 0.204. The molecule has 0 radical (unpaired) electrons. The van der Waals surface area contributed by atoms with Crippen molar-refractivity contribution in [2.24, 2.45) is 0 Å². The maximum Gasteiger partial charge on any atom is 0.413 e. The van der Waals surface area contributed by atoms with Crippen LogP contribution in [-0.4, -0.2) is 21.9 Å². The van der Waals surface area contributed by atoms with Gasteiger partial charge >= 0.3 is 6.09 Å². The van der Waals surface area contributed by atoms with Gasteiger partial charge < -0.3 is 10.1 Å². The summed E-state index contributed by atoms with van der Waals surface area (Å²) in [6, 6.07) is 2.30. The first-order valence-corrected chi connectivity index (χ1v) is 8.91. The van der Waals surface area contributed by atoms with E-state index in [0.29, 0.717) is 12.4 Å². The molecule has 23 heavy (non-hydrogen) atoms. The lowest BCUT2D eigenvalue weighted by Gasteiger charge is -2.19. The van der Waals surface area contributed by atoms with Crippen molar-refractivity contribution < 1.29 is 9.53 Å². The quantitative estimate of drug-likeness (QED) is 0.693. The van der Waals surface area contributed by atoms with Gasteiger partial charge in [-0.05, 0) is 49.7 Å². The second kappa shape index (κ2) is 7.46. The Balaban J connectivity index is 1.92. The highest BCUT2D eigenvalue weighted by molar-refractivity contribution is 9.10. The number of hydrogen-bond acceptors (Lipinski definition) is 5. The molecule has 8 heteroatoms. The lowest BCUT2D eigenvalue weighted by atomic mass is 10.2. The van der Waals surface area contributed by atoms with E-state index in [1.807, 2.05) is 20.8 Å². The van der Waals surface area contributed by atoms with Crippen LogP contribution in [0.4, 0.5) is 10.6 Å². The fourth-order valence-electron chi connectivity index (χ4n) is 1.88. The maximum absolute atomic E-state index is 11.8. The molecule has 0 aromatic carbocycles. The van der Waals surface area contributed by atoms with Crippen molar-refractivity contribution in [3.63, 3.8) is 0 Å². The first-order valence-electron chi connectivity index (χ1n) is 7.24. The van der Waals surface area contributed by atoms with Gasteiger partial charge in [0.25, 0.3) is 0 Å². The summed E-state index contributed by atoms with van der Waals surface area (Å²) < 4.78 is 6.33. The van der Waals surface area contributed by atoms with Crippen molar-refractivity contribution in [1.29, 1.82) is 0 Å². The second-order valence-corrected chi connectivity index (χ2v) is 8.03. The molecule has 1 atom stereocenters.